The summed E-state index contributed by atoms with van der Waals surface area (Å²) in [5.41, 5.74) is 0.262. The predicted molar refractivity (Wildman–Crippen MR) is 55.4 cm³/mol. The third kappa shape index (κ3) is 1.95. The first-order valence-electron chi connectivity index (χ1n) is 5.69. The van der Waals surface area contributed by atoms with Gasteiger partial charge < -0.3 is 14.8 Å². The molecule has 2 heterocycles. The van der Waals surface area contributed by atoms with E-state index in [0.717, 1.165) is 32.3 Å². The normalized spacial score (nSPS) is 34.9. The fourth-order valence-electron chi connectivity index (χ4n) is 2.93. The van der Waals surface area contributed by atoms with Crippen molar-refractivity contribution in [2.75, 3.05) is 33.5 Å². The van der Waals surface area contributed by atoms with Gasteiger partial charge in [0.05, 0.1) is 6.61 Å². The number of methoxy groups -OCH3 is 1. The average molecular weight is 199 g/mol. The minimum absolute atomic E-state index is 0.262. The highest BCUT2D eigenvalue weighted by Gasteiger charge is 2.41. The Balaban J connectivity index is 2.00. The molecular formula is C11H21NO2. The van der Waals surface area contributed by atoms with Crippen molar-refractivity contribution in [3.8, 4) is 0 Å². The van der Waals surface area contributed by atoms with Gasteiger partial charge in [0.2, 0.25) is 0 Å². The van der Waals surface area contributed by atoms with Crippen LogP contribution in [0.15, 0.2) is 0 Å². The zero-order valence-electron chi connectivity index (χ0n) is 9.05. The van der Waals surface area contributed by atoms with E-state index < -0.39 is 0 Å². The van der Waals surface area contributed by atoms with Crippen LogP contribution in [0.2, 0.25) is 0 Å². The minimum Gasteiger partial charge on any atom is -0.383 e. The van der Waals surface area contributed by atoms with Crippen LogP contribution in [-0.2, 0) is 9.47 Å². The van der Waals surface area contributed by atoms with Gasteiger partial charge in [0, 0.05) is 25.9 Å². The van der Waals surface area contributed by atoms with Crippen LogP contribution in [0.3, 0.4) is 0 Å². The van der Waals surface area contributed by atoms with Crippen LogP contribution in [-0.4, -0.2) is 39.0 Å². The highest BCUT2D eigenvalue weighted by Crippen LogP contribution is 2.34. The number of ether oxygens (including phenoxy) is 2. The maximum Gasteiger partial charge on any atom is 0.0647 e. The van der Waals surface area contributed by atoms with Gasteiger partial charge >= 0.3 is 0 Å². The van der Waals surface area contributed by atoms with Gasteiger partial charge in [-0.05, 0) is 38.1 Å². The maximum atomic E-state index is 5.41. The van der Waals surface area contributed by atoms with Gasteiger partial charge in [-0.1, -0.05) is 0 Å². The first kappa shape index (κ1) is 10.4. The second kappa shape index (κ2) is 4.60. The van der Waals surface area contributed by atoms with E-state index >= 15 is 0 Å². The van der Waals surface area contributed by atoms with Gasteiger partial charge in [-0.2, -0.15) is 0 Å². The van der Waals surface area contributed by atoms with E-state index in [0.29, 0.717) is 0 Å². The molecule has 1 atom stereocenters. The molecule has 2 rings (SSSR count). The summed E-state index contributed by atoms with van der Waals surface area (Å²) in [6.07, 6.45) is 4.94. The van der Waals surface area contributed by atoms with Gasteiger partial charge in [0.1, 0.15) is 0 Å². The number of hydrogen-bond donors (Lipinski definition) is 1. The molecule has 0 aromatic carbocycles. The Morgan fingerprint density at radius 2 is 2.21 bits per heavy atom. The third-order valence-corrected chi connectivity index (χ3v) is 3.68. The lowest BCUT2D eigenvalue weighted by molar-refractivity contribution is 0.00477. The molecule has 14 heavy (non-hydrogen) atoms. The third-order valence-electron chi connectivity index (χ3n) is 3.68. The second-order valence-electron chi connectivity index (χ2n) is 4.51. The maximum absolute atomic E-state index is 5.41. The van der Waals surface area contributed by atoms with Crippen molar-refractivity contribution in [1.29, 1.82) is 0 Å². The van der Waals surface area contributed by atoms with Crippen molar-refractivity contribution >= 4 is 0 Å². The summed E-state index contributed by atoms with van der Waals surface area (Å²) in [5, 5.41) is 3.66. The van der Waals surface area contributed by atoms with E-state index in [1.165, 1.54) is 25.7 Å². The van der Waals surface area contributed by atoms with Gasteiger partial charge in [0.15, 0.2) is 0 Å². The smallest absolute Gasteiger partial charge is 0.0647 e. The van der Waals surface area contributed by atoms with Crippen molar-refractivity contribution in [3.63, 3.8) is 0 Å². The first-order valence-corrected chi connectivity index (χ1v) is 5.69. The fourth-order valence-corrected chi connectivity index (χ4v) is 2.93. The summed E-state index contributed by atoms with van der Waals surface area (Å²) in [7, 11) is 1.81. The molecule has 2 saturated heterocycles. The Morgan fingerprint density at radius 3 is 2.79 bits per heavy atom. The summed E-state index contributed by atoms with van der Waals surface area (Å²) in [5.74, 6) is 0.749. The zero-order chi connectivity index (χ0) is 9.86. The Bertz CT molecular complexity index is 172. The Morgan fingerprint density at radius 1 is 1.43 bits per heavy atom. The SMILES string of the molecule is COCC1(C2CCOCC2)CCCN1. The predicted octanol–water partition coefficient (Wildman–Crippen LogP) is 1.18. The minimum atomic E-state index is 0.262. The van der Waals surface area contributed by atoms with Crippen LogP contribution in [0.25, 0.3) is 0 Å². The molecule has 0 saturated carbocycles. The summed E-state index contributed by atoms with van der Waals surface area (Å²) < 4.78 is 10.8. The van der Waals surface area contributed by atoms with Crippen LogP contribution in [0.5, 0.6) is 0 Å². The van der Waals surface area contributed by atoms with Crippen molar-refractivity contribution in [2.45, 2.75) is 31.2 Å². The van der Waals surface area contributed by atoms with Crippen molar-refractivity contribution in [3.05, 3.63) is 0 Å². The van der Waals surface area contributed by atoms with Crippen molar-refractivity contribution in [2.24, 2.45) is 5.92 Å². The molecule has 2 aliphatic rings. The molecular weight excluding hydrogens is 178 g/mol. The molecule has 0 bridgehead atoms. The number of nitrogens with one attached hydrogen (secondary N) is 1. The highest BCUT2D eigenvalue weighted by molar-refractivity contribution is 4.99. The molecule has 82 valence electrons. The molecule has 2 fully saturated rings. The molecule has 3 nitrogen and oxygen atoms in total. The lowest BCUT2D eigenvalue weighted by atomic mass is 9.78. The number of rotatable bonds is 3. The Kier molecular flexibility index (Phi) is 3.42. The molecule has 0 aromatic heterocycles. The van der Waals surface area contributed by atoms with E-state index in [-0.39, 0.29) is 5.54 Å². The second-order valence-corrected chi connectivity index (χ2v) is 4.51. The summed E-state index contributed by atoms with van der Waals surface area (Å²) >= 11 is 0. The lowest BCUT2D eigenvalue weighted by Gasteiger charge is -2.39. The van der Waals surface area contributed by atoms with E-state index in [9.17, 15) is 0 Å². The molecule has 0 radical (unpaired) electrons. The highest BCUT2D eigenvalue weighted by atomic mass is 16.5. The Hall–Kier alpha value is -0.120. The van der Waals surface area contributed by atoms with Crippen LogP contribution in [0.4, 0.5) is 0 Å². The van der Waals surface area contributed by atoms with Crippen LogP contribution < -0.4 is 5.32 Å². The average Bonchev–Trinajstić information content (AvgIpc) is 2.70. The molecule has 1 unspecified atom stereocenters. The summed E-state index contributed by atoms with van der Waals surface area (Å²) in [6.45, 7) is 3.87. The first-order chi connectivity index (χ1) is 6.87. The fraction of sp³-hybridized carbons (Fsp3) is 1.00. The molecule has 0 spiro atoms. The topological polar surface area (TPSA) is 30.5 Å². The van der Waals surface area contributed by atoms with Gasteiger partial charge in [-0.25, -0.2) is 0 Å². The molecule has 0 aliphatic carbocycles. The molecule has 2 aliphatic heterocycles. The molecule has 0 amide bonds. The van der Waals surface area contributed by atoms with Gasteiger partial charge in [0.25, 0.3) is 0 Å². The molecule has 3 heteroatoms. The standard InChI is InChI=1S/C11H21NO2/c1-13-9-11(5-2-6-12-11)10-3-7-14-8-4-10/h10,12H,2-9H2,1H3. The van der Waals surface area contributed by atoms with E-state index in [1.54, 1.807) is 7.11 Å². The zero-order valence-corrected chi connectivity index (χ0v) is 9.05. The molecule has 1 N–H and O–H groups in total. The van der Waals surface area contributed by atoms with Gasteiger partial charge in [-0.15, -0.1) is 0 Å². The van der Waals surface area contributed by atoms with E-state index in [4.69, 9.17) is 9.47 Å². The summed E-state index contributed by atoms with van der Waals surface area (Å²) in [6, 6.07) is 0. The monoisotopic (exact) mass is 199 g/mol. The van der Waals surface area contributed by atoms with Crippen LogP contribution in [0, 0.1) is 5.92 Å². The van der Waals surface area contributed by atoms with Gasteiger partial charge in [-0.3, -0.25) is 0 Å². The largest absolute Gasteiger partial charge is 0.383 e. The van der Waals surface area contributed by atoms with E-state index in [2.05, 4.69) is 5.32 Å². The Labute approximate surface area is 86.2 Å². The molecule has 0 aromatic rings. The lowest BCUT2D eigenvalue weighted by Crippen LogP contribution is -2.52. The quantitative estimate of drug-likeness (QED) is 0.740. The van der Waals surface area contributed by atoms with Crippen molar-refractivity contribution in [1.82, 2.24) is 5.32 Å². The van der Waals surface area contributed by atoms with Crippen molar-refractivity contribution < 1.29 is 9.47 Å². The van der Waals surface area contributed by atoms with Crippen LogP contribution in [0.1, 0.15) is 25.7 Å². The number of hydrogen-bond acceptors (Lipinski definition) is 3. The summed E-state index contributed by atoms with van der Waals surface area (Å²) in [4.78, 5) is 0. The van der Waals surface area contributed by atoms with E-state index in [1.807, 2.05) is 0 Å². The van der Waals surface area contributed by atoms with Crippen LogP contribution >= 0.6 is 0 Å².